The normalized spacial score (nSPS) is 16.0. The van der Waals surface area contributed by atoms with E-state index in [9.17, 15) is 8.42 Å². The van der Waals surface area contributed by atoms with Crippen molar-refractivity contribution in [3.8, 4) is 0 Å². The molecule has 0 spiro atoms. The largest absolute Gasteiger partial charge is 0.372 e. The van der Waals surface area contributed by atoms with Gasteiger partial charge in [-0.2, -0.15) is 0 Å². The molecule has 2 aromatic rings. The molecule has 2 heterocycles. The lowest BCUT2D eigenvalue weighted by atomic mass is 9.99. The van der Waals surface area contributed by atoms with E-state index in [1.54, 1.807) is 12.1 Å². The number of benzene rings is 1. The van der Waals surface area contributed by atoms with E-state index in [2.05, 4.69) is 21.5 Å². The van der Waals surface area contributed by atoms with Crippen LogP contribution in [-0.2, 0) is 10.0 Å². The summed E-state index contributed by atoms with van der Waals surface area (Å²) in [5.41, 5.74) is 1.57. The zero-order valence-electron chi connectivity index (χ0n) is 13.7. The van der Waals surface area contributed by atoms with Crippen LogP contribution in [0.3, 0.4) is 0 Å². The van der Waals surface area contributed by atoms with Crippen LogP contribution in [0.15, 0.2) is 41.3 Å². The van der Waals surface area contributed by atoms with Gasteiger partial charge in [0.25, 0.3) is 10.0 Å². The second-order valence-corrected chi connectivity index (χ2v) is 8.64. The molecule has 0 amide bonds. The molecule has 1 aromatic heterocycles. The molecular formula is C17H19Cl2N3O2S. The Labute approximate surface area is 158 Å². The van der Waals surface area contributed by atoms with Crippen LogP contribution in [0.1, 0.15) is 19.8 Å². The van der Waals surface area contributed by atoms with Crippen LogP contribution in [0.4, 0.5) is 11.4 Å². The predicted octanol–water partition coefficient (Wildman–Crippen LogP) is 4.43. The summed E-state index contributed by atoms with van der Waals surface area (Å²) in [5.74, 6) is 0.764. The number of piperidine rings is 1. The summed E-state index contributed by atoms with van der Waals surface area (Å²) in [6, 6.07) is 10.1. The molecule has 0 radical (unpaired) electrons. The highest BCUT2D eigenvalue weighted by Gasteiger charge is 2.20. The van der Waals surface area contributed by atoms with Gasteiger partial charge in [0.05, 0.1) is 0 Å². The molecule has 0 atom stereocenters. The van der Waals surface area contributed by atoms with Crippen LogP contribution < -0.4 is 9.62 Å². The smallest absolute Gasteiger partial charge is 0.264 e. The van der Waals surface area contributed by atoms with Gasteiger partial charge >= 0.3 is 0 Å². The Morgan fingerprint density at radius 1 is 1.08 bits per heavy atom. The third-order valence-electron chi connectivity index (χ3n) is 4.34. The van der Waals surface area contributed by atoms with Crippen molar-refractivity contribution >= 4 is 44.6 Å². The van der Waals surface area contributed by atoms with Crippen LogP contribution in [0, 0.1) is 5.92 Å². The number of sulfonamides is 1. The number of hydrogen-bond acceptors (Lipinski definition) is 4. The van der Waals surface area contributed by atoms with Gasteiger partial charge in [-0.3, -0.25) is 4.72 Å². The molecule has 1 N–H and O–H groups in total. The van der Waals surface area contributed by atoms with Gasteiger partial charge < -0.3 is 4.90 Å². The van der Waals surface area contributed by atoms with Crippen molar-refractivity contribution in [2.45, 2.75) is 24.7 Å². The molecular weight excluding hydrogens is 381 g/mol. The number of nitrogens with zero attached hydrogens (tertiary/aromatic N) is 2. The van der Waals surface area contributed by atoms with Gasteiger partial charge in [0.2, 0.25) is 0 Å². The second-order valence-electron chi connectivity index (χ2n) is 6.24. The van der Waals surface area contributed by atoms with E-state index < -0.39 is 10.0 Å². The number of hydrogen-bond donors (Lipinski definition) is 1. The van der Waals surface area contributed by atoms with Crippen molar-refractivity contribution < 1.29 is 8.42 Å². The van der Waals surface area contributed by atoms with Gasteiger partial charge in [-0.05, 0) is 55.2 Å². The van der Waals surface area contributed by atoms with Crippen LogP contribution in [-0.4, -0.2) is 26.5 Å². The number of rotatable bonds is 4. The maximum Gasteiger partial charge on any atom is 0.264 e. The zero-order valence-corrected chi connectivity index (χ0v) is 16.1. The monoisotopic (exact) mass is 399 g/mol. The van der Waals surface area contributed by atoms with E-state index in [1.807, 2.05) is 12.1 Å². The lowest BCUT2D eigenvalue weighted by molar-refractivity contribution is 0.438. The molecule has 0 unspecified atom stereocenters. The molecule has 1 aromatic carbocycles. The summed E-state index contributed by atoms with van der Waals surface area (Å²) >= 11 is 11.6. The number of pyridine rings is 1. The van der Waals surface area contributed by atoms with Crippen molar-refractivity contribution in [2.75, 3.05) is 22.7 Å². The minimum Gasteiger partial charge on any atom is -0.372 e. The molecule has 1 fully saturated rings. The predicted molar refractivity (Wildman–Crippen MR) is 102 cm³/mol. The van der Waals surface area contributed by atoms with Gasteiger partial charge in [-0.1, -0.05) is 30.1 Å². The molecule has 0 bridgehead atoms. The fraction of sp³-hybridized carbons (Fsp3) is 0.353. The summed E-state index contributed by atoms with van der Waals surface area (Å²) in [7, 11) is -3.82. The van der Waals surface area contributed by atoms with E-state index in [-0.39, 0.29) is 15.2 Å². The summed E-state index contributed by atoms with van der Waals surface area (Å²) in [6.45, 7) is 4.32. The fourth-order valence-corrected chi connectivity index (χ4v) is 4.54. The van der Waals surface area contributed by atoms with Crippen LogP contribution in [0.5, 0.6) is 0 Å². The highest BCUT2D eigenvalue weighted by Crippen LogP contribution is 2.27. The Morgan fingerprint density at radius 2 is 1.72 bits per heavy atom. The Hall–Kier alpha value is -1.50. The second kappa shape index (κ2) is 7.40. The zero-order chi connectivity index (χ0) is 18.0. The SMILES string of the molecule is CC1CCN(c2ccc(NS(=O)(=O)c3ccc(Cl)nc3Cl)cc2)CC1. The van der Waals surface area contributed by atoms with Gasteiger partial charge in [0, 0.05) is 24.5 Å². The van der Waals surface area contributed by atoms with E-state index in [0.717, 1.165) is 24.7 Å². The topological polar surface area (TPSA) is 62.3 Å². The summed E-state index contributed by atoms with van der Waals surface area (Å²) in [4.78, 5) is 5.98. The van der Waals surface area contributed by atoms with Crippen molar-refractivity contribution in [3.05, 3.63) is 46.7 Å². The van der Waals surface area contributed by atoms with Crippen LogP contribution in [0.25, 0.3) is 0 Å². The van der Waals surface area contributed by atoms with Gasteiger partial charge in [0.1, 0.15) is 10.0 Å². The van der Waals surface area contributed by atoms with Crippen molar-refractivity contribution in [3.63, 3.8) is 0 Å². The summed E-state index contributed by atoms with van der Waals surface area (Å²) < 4.78 is 27.5. The Morgan fingerprint density at radius 3 is 2.32 bits per heavy atom. The van der Waals surface area contributed by atoms with Crippen molar-refractivity contribution in [2.24, 2.45) is 5.92 Å². The molecule has 8 heteroatoms. The van der Waals surface area contributed by atoms with Crippen LogP contribution >= 0.6 is 23.2 Å². The minimum absolute atomic E-state index is 0.104. The molecule has 5 nitrogen and oxygen atoms in total. The van der Waals surface area contributed by atoms with E-state index in [0.29, 0.717) is 5.69 Å². The number of aromatic nitrogens is 1. The first-order chi connectivity index (χ1) is 11.8. The fourth-order valence-electron chi connectivity index (χ4n) is 2.82. The molecule has 3 rings (SSSR count). The first-order valence-corrected chi connectivity index (χ1v) is 10.3. The minimum atomic E-state index is -3.82. The third kappa shape index (κ3) is 4.37. The van der Waals surface area contributed by atoms with Gasteiger partial charge in [-0.15, -0.1) is 0 Å². The van der Waals surface area contributed by atoms with E-state index in [4.69, 9.17) is 23.2 Å². The number of anilines is 2. The Kier molecular flexibility index (Phi) is 5.41. The molecule has 0 saturated carbocycles. The van der Waals surface area contributed by atoms with Crippen LogP contribution in [0.2, 0.25) is 10.3 Å². The summed E-state index contributed by atoms with van der Waals surface area (Å²) in [6.07, 6.45) is 2.35. The number of nitrogens with one attached hydrogen (secondary N) is 1. The highest BCUT2D eigenvalue weighted by atomic mass is 35.5. The lowest BCUT2D eigenvalue weighted by Gasteiger charge is -2.32. The van der Waals surface area contributed by atoms with Crippen molar-refractivity contribution in [1.82, 2.24) is 4.98 Å². The standard InChI is InChI=1S/C17H19Cl2N3O2S/c1-12-8-10-22(11-9-12)14-4-2-13(3-5-14)21-25(23,24)15-6-7-16(18)20-17(15)19/h2-7,12,21H,8-11H2,1H3. The molecule has 0 aliphatic carbocycles. The highest BCUT2D eigenvalue weighted by molar-refractivity contribution is 7.92. The maximum atomic E-state index is 12.5. The Bertz CT molecular complexity index is 849. The average molecular weight is 400 g/mol. The maximum absolute atomic E-state index is 12.5. The van der Waals surface area contributed by atoms with E-state index >= 15 is 0 Å². The van der Waals surface area contributed by atoms with Crippen molar-refractivity contribution in [1.29, 1.82) is 0 Å². The molecule has 25 heavy (non-hydrogen) atoms. The quantitative estimate of drug-likeness (QED) is 0.772. The first-order valence-electron chi connectivity index (χ1n) is 8.05. The summed E-state index contributed by atoms with van der Waals surface area (Å²) in [5, 5.41) is -0.0109. The molecule has 1 saturated heterocycles. The van der Waals surface area contributed by atoms with E-state index in [1.165, 1.54) is 25.0 Å². The Balaban J connectivity index is 1.74. The number of halogens is 2. The average Bonchev–Trinajstić information content (AvgIpc) is 2.55. The first kappa shape index (κ1) is 18.3. The van der Waals surface area contributed by atoms with Gasteiger partial charge in [0.15, 0.2) is 5.15 Å². The molecule has 134 valence electrons. The molecule has 1 aliphatic heterocycles. The molecule has 1 aliphatic rings. The third-order valence-corrected chi connectivity index (χ3v) is 6.36. The van der Waals surface area contributed by atoms with Gasteiger partial charge in [-0.25, -0.2) is 13.4 Å². The lowest BCUT2D eigenvalue weighted by Crippen LogP contribution is -2.32.